The largest absolute Gasteiger partial charge is 0.464 e. The predicted molar refractivity (Wildman–Crippen MR) is 59.6 cm³/mol. The molecule has 0 bridgehead atoms. The fourth-order valence-corrected chi connectivity index (χ4v) is 2.12. The van der Waals surface area contributed by atoms with E-state index in [9.17, 15) is 9.59 Å². The van der Waals surface area contributed by atoms with Crippen LogP contribution in [0, 0.1) is 5.92 Å². The first-order valence-corrected chi connectivity index (χ1v) is 5.70. The summed E-state index contributed by atoms with van der Waals surface area (Å²) in [5.41, 5.74) is 5.57. The van der Waals surface area contributed by atoms with Gasteiger partial charge in [0.1, 0.15) is 0 Å². The van der Waals surface area contributed by atoms with Crippen LogP contribution in [0.3, 0.4) is 0 Å². The molecule has 3 unspecified atom stereocenters. The summed E-state index contributed by atoms with van der Waals surface area (Å²) in [6.07, 6.45) is 0.960. The Balaban J connectivity index is 2.60. The normalized spacial score (nSPS) is 26.6. The Morgan fingerprint density at radius 2 is 2.12 bits per heavy atom. The number of hydrogen-bond donors (Lipinski definition) is 1. The van der Waals surface area contributed by atoms with Gasteiger partial charge in [-0.3, -0.25) is 4.79 Å². The van der Waals surface area contributed by atoms with E-state index in [0.717, 1.165) is 6.42 Å². The maximum Gasteiger partial charge on any atom is 0.332 e. The molecule has 1 heterocycles. The average Bonchev–Trinajstić information content (AvgIpc) is 2.56. The Bertz CT molecular complexity index is 280. The molecule has 1 fully saturated rings. The Kier molecular flexibility index (Phi) is 4.29. The number of nitrogens with zero attached hydrogens (tertiary/aromatic N) is 1. The van der Waals surface area contributed by atoms with Crippen molar-refractivity contribution in [3.05, 3.63) is 0 Å². The lowest BCUT2D eigenvalue weighted by Crippen LogP contribution is -2.50. The van der Waals surface area contributed by atoms with Crippen LogP contribution in [0.25, 0.3) is 0 Å². The fourth-order valence-electron chi connectivity index (χ4n) is 2.12. The van der Waals surface area contributed by atoms with Crippen molar-refractivity contribution in [2.75, 3.05) is 13.2 Å². The number of nitrogens with two attached hydrogens (primary N) is 1. The summed E-state index contributed by atoms with van der Waals surface area (Å²) in [7, 11) is 0. The van der Waals surface area contributed by atoms with Gasteiger partial charge in [-0.1, -0.05) is 6.92 Å². The molecule has 5 nitrogen and oxygen atoms in total. The molecule has 1 rings (SSSR count). The van der Waals surface area contributed by atoms with E-state index >= 15 is 0 Å². The fraction of sp³-hybridized carbons (Fsp3) is 0.818. The molecule has 5 heteroatoms. The van der Waals surface area contributed by atoms with Crippen LogP contribution in [0.15, 0.2) is 0 Å². The van der Waals surface area contributed by atoms with Crippen LogP contribution in [0.1, 0.15) is 27.2 Å². The van der Waals surface area contributed by atoms with Crippen LogP contribution >= 0.6 is 0 Å². The third-order valence-corrected chi connectivity index (χ3v) is 2.87. The van der Waals surface area contributed by atoms with E-state index in [1.807, 2.05) is 6.92 Å². The van der Waals surface area contributed by atoms with Gasteiger partial charge in [0.15, 0.2) is 6.04 Å². The molecule has 0 aromatic heterocycles. The Hall–Kier alpha value is -1.10. The van der Waals surface area contributed by atoms with Gasteiger partial charge in [0.2, 0.25) is 0 Å². The predicted octanol–water partition coefficient (Wildman–Crippen LogP) is 0.134. The Morgan fingerprint density at radius 3 is 2.56 bits per heavy atom. The SMILES string of the molecule is CCOC(=O)C(N)C(=O)N1CC(C)CC1C. The van der Waals surface area contributed by atoms with Gasteiger partial charge < -0.3 is 15.4 Å². The first-order valence-electron chi connectivity index (χ1n) is 5.70. The highest BCUT2D eigenvalue weighted by molar-refractivity contribution is 6.01. The summed E-state index contributed by atoms with van der Waals surface area (Å²) >= 11 is 0. The molecule has 0 saturated carbocycles. The lowest BCUT2D eigenvalue weighted by Gasteiger charge is -2.24. The summed E-state index contributed by atoms with van der Waals surface area (Å²) in [6.45, 7) is 6.66. The summed E-state index contributed by atoms with van der Waals surface area (Å²) in [4.78, 5) is 24.9. The first kappa shape index (κ1) is 13.0. The highest BCUT2D eigenvalue weighted by atomic mass is 16.5. The second-order valence-corrected chi connectivity index (χ2v) is 4.41. The standard InChI is InChI=1S/C11H20N2O3/c1-4-16-11(15)9(12)10(14)13-6-7(2)5-8(13)3/h7-9H,4-6,12H2,1-3H3. The lowest BCUT2D eigenvalue weighted by atomic mass is 10.1. The zero-order chi connectivity index (χ0) is 12.3. The van der Waals surface area contributed by atoms with Crippen molar-refractivity contribution in [3.63, 3.8) is 0 Å². The number of carbonyl (C=O) groups excluding carboxylic acids is 2. The van der Waals surface area contributed by atoms with Gasteiger partial charge in [-0.15, -0.1) is 0 Å². The first-order chi connectivity index (χ1) is 7.47. The molecular formula is C11H20N2O3. The molecule has 1 saturated heterocycles. The topological polar surface area (TPSA) is 72.6 Å². The molecule has 1 aliphatic rings. The summed E-state index contributed by atoms with van der Waals surface area (Å²) in [5, 5.41) is 0. The van der Waals surface area contributed by atoms with Crippen molar-refractivity contribution in [3.8, 4) is 0 Å². The third kappa shape index (κ3) is 2.72. The number of rotatable bonds is 3. The van der Waals surface area contributed by atoms with E-state index in [1.165, 1.54) is 0 Å². The highest BCUT2D eigenvalue weighted by Crippen LogP contribution is 2.22. The van der Waals surface area contributed by atoms with Crippen molar-refractivity contribution >= 4 is 11.9 Å². The number of amides is 1. The molecule has 0 aromatic carbocycles. The second-order valence-electron chi connectivity index (χ2n) is 4.41. The van der Waals surface area contributed by atoms with E-state index < -0.39 is 12.0 Å². The molecular weight excluding hydrogens is 208 g/mol. The zero-order valence-corrected chi connectivity index (χ0v) is 10.1. The van der Waals surface area contributed by atoms with Crippen molar-refractivity contribution in [2.24, 2.45) is 11.7 Å². The molecule has 1 aliphatic heterocycles. The molecule has 1 amide bonds. The zero-order valence-electron chi connectivity index (χ0n) is 10.1. The summed E-state index contributed by atoms with van der Waals surface area (Å²) in [5.74, 6) is -0.497. The van der Waals surface area contributed by atoms with Gasteiger partial charge in [-0.2, -0.15) is 0 Å². The Morgan fingerprint density at radius 1 is 1.50 bits per heavy atom. The van der Waals surface area contributed by atoms with Gasteiger partial charge in [0.25, 0.3) is 5.91 Å². The number of likely N-dealkylation sites (tertiary alicyclic amines) is 1. The second kappa shape index (κ2) is 5.30. The summed E-state index contributed by atoms with van der Waals surface area (Å²) < 4.78 is 4.74. The van der Waals surface area contributed by atoms with E-state index in [-0.39, 0.29) is 18.6 Å². The highest BCUT2D eigenvalue weighted by Gasteiger charge is 2.35. The minimum absolute atomic E-state index is 0.156. The van der Waals surface area contributed by atoms with Crippen molar-refractivity contribution in [1.82, 2.24) is 4.90 Å². The van der Waals surface area contributed by atoms with Gasteiger partial charge in [0.05, 0.1) is 6.61 Å². The Labute approximate surface area is 95.9 Å². The van der Waals surface area contributed by atoms with Crippen LogP contribution in [0.5, 0.6) is 0 Å². The van der Waals surface area contributed by atoms with E-state index in [0.29, 0.717) is 12.5 Å². The van der Waals surface area contributed by atoms with Gasteiger partial charge in [-0.05, 0) is 26.2 Å². The van der Waals surface area contributed by atoms with Crippen molar-refractivity contribution < 1.29 is 14.3 Å². The molecule has 92 valence electrons. The molecule has 0 spiro atoms. The van der Waals surface area contributed by atoms with Crippen LogP contribution in [-0.4, -0.2) is 42.0 Å². The van der Waals surface area contributed by atoms with Crippen LogP contribution in [-0.2, 0) is 14.3 Å². The number of carbonyl (C=O) groups is 2. The van der Waals surface area contributed by atoms with Gasteiger partial charge >= 0.3 is 5.97 Å². The van der Waals surface area contributed by atoms with Gasteiger partial charge in [0, 0.05) is 12.6 Å². The van der Waals surface area contributed by atoms with E-state index in [1.54, 1.807) is 11.8 Å². The quantitative estimate of drug-likeness (QED) is 0.550. The minimum Gasteiger partial charge on any atom is -0.464 e. The lowest BCUT2D eigenvalue weighted by molar-refractivity contribution is -0.151. The minimum atomic E-state index is -1.17. The van der Waals surface area contributed by atoms with Crippen LogP contribution in [0.4, 0.5) is 0 Å². The third-order valence-electron chi connectivity index (χ3n) is 2.87. The monoisotopic (exact) mass is 228 g/mol. The number of hydrogen-bond acceptors (Lipinski definition) is 4. The number of ether oxygens (including phenoxy) is 1. The average molecular weight is 228 g/mol. The molecule has 2 N–H and O–H groups in total. The molecule has 0 aliphatic carbocycles. The molecule has 3 atom stereocenters. The van der Waals surface area contributed by atoms with E-state index in [2.05, 4.69) is 6.92 Å². The smallest absolute Gasteiger partial charge is 0.332 e. The summed E-state index contributed by atoms with van der Waals surface area (Å²) in [6, 6.07) is -1.02. The molecule has 0 radical (unpaired) electrons. The maximum absolute atomic E-state index is 11.9. The molecule has 0 aromatic rings. The van der Waals surface area contributed by atoms with Crippen LogP contribution < -0.4 is 5.73 Å². The van der Waals surface area contributed by atoms with Crippen LogP contribution in [0.2, 0.25) is 0 Å². The number of esters is 1. The van der Waals surface area contributed by atoms with Crippen molar-refractivity contribution in [2.45, 2.75) is 39.3 Å². The van der Waals surface area contributed by atoms with E-state index in [4.69, 9.17) is 10.5 Å². The molecule has 16 heavy (non-hydrogen) atoms. The van der Waals surface area contributed by atoms with Crippen molar-refractivity contribution in [1.29, 1.82) is 0 Å². The maximum atomic E-state index is 11.9. The van der Waals surface area contributed by atoms with Gasteiger partial charge in [-0.25, -0.2) is 4.79 Å².